The average molecular weight is 306 g/mol. The lowest BCUT2D eigenvalue weighted by Crippen LogP contribution is -2.18. The molecule has 18 heavy (non-hydrogen) atoms. The first-order valence-corrected chi connectivity index (χ1v) is 7.05. The second kappa shape index (κ2) is 4.43. The summed E-state index contributed by atoms with van der Waals surface area (Å²) in [6.07, 6.45) is 4.37. The van der Waals surface area contributed by atoms with Crippen LogP contribution in [0.4, 0.5) is 11.4 Å². The minimum absolute atomic E-state index is 0.469. The fourth-order valence-electron chi connectivity index (χ4n) is 2.28. The van der Waals surface area contributed by atoms with Gasteiger partial charge in [0.25, 0.3) is 0 Å². The zero-order valence-corrected chi connectivity index (χ0v) is 11.9. The quantitative estimate of drug-likeness (QED) is 0.907. The van der Waals surface area contributed by atoms with Gasteiger partial charge in [0, 0.05) is 15.9 Å². The van der Waals surface area contributed by atoms with Crippen molar-refractivity contribution in [1.29, 1.82) is 0 Å². The number of fused-ring (bicyclic) bond motifs is 1. The van der Waals surface area contributed by atoms with E-state index in [-0.39, 0.29) is 0 Å². The van der Waals surface area contributed by atoms with E-state index in [0.29, 0.717) is 11.7 Å². The van der Waals surface area contributed by atoms with Crippen LogP contribution in [-0.4, -0.2) is 11.0 Å². The summed E-state index contributed by atoms with van der Waals surface area (Å²) in [5, 5.41) is 4.64. The van der Waals surface area contributed by atoms with Crippen LogP contribution in [0, 0.1) is 5.92 Å². The third-order valence-electron chi connectivity index (χ3n) is 3.56. The van der Waals surface area contributed by atoms with Gasteiger partial charge in [-0.1, -0.05) is 15.9 Å². The summed E-state index contributed by atoms with van der Waals surface area (Å²) in [6.45, 7) is 2.22. The Kier molecular flexibility index (Phi) is 2.90. The number of halogens is 1. The van der Waals surface area contributed by atoms with Gasteiger partial charge in [-0.3, -0.25) is 4.98 Å². The Morgan fingerprint density at radius 1 is 1.44 bits per heavy atom. The number of benzene rings is 1. The molecule has 3 nitrogen and oxygen atoms in total. The summed E-state index contributed by atoms with van der Waals surface area (Å²) in [6, 6.07) is 6.54. The molecule has 0 aliphatic heterocycles. The van der Waals surface area contributed by atoms with Crippen LogP contribution < -0.4 is 11.1 Å². The van der Waals surface area contributed by atoms with E-state index in [1.54, 1.807) is 6.20 Å². The number of aromatic nitrogens is 1. The van der Waals surface area contributed by atoms with E-state index >= 15 is 0 Å². The maximum atomic E-state index is 6.07. The SMILES string of the molecule is CC(Nc1c(N)cnc2ccc(Br)cc12)C1CC1. The van der Waals surface area contributed by atoms with Crippen LogP contribution in [0.1, 0.15) is 19.8 Å². The molecule has 1 aliphatic carbocycles. The van der Waals surface area contributed by atoms with Crippen LogP contribution in [0.5, 0.6) is 0 Å². The van der Waals surface area contributed by atoms with Gasteiger partial charge in [0.05, 0.1) is 23.1 Å². The zero-order chi connectivity index (χ0) is 12.7. The molecule has 0 bridgehead atoms. The topological polar surface area (TPSA) is 50.9 Å². The van der Waals surface area contributed by atoms with Crippen molar-refractivity contribution in [3.8, 4) is 0 Å². The monoisotopic (exact) mass is 305 g/mol. The molecule has 1 unspecified atom stereocenters. The van der Waals surface area contributed by atoms with Gasteiger partial charge in [0.2, 0.25) is 0 Å². The summed E-state index contributed by atoms with van der Waals surface area (Å²) in [5.74, 6) is 0.791. The number of nitrogens with two attached hydrogens (primary N) is 1. The molecule has 1 heterocycles. The van der Waals surface area contributed by atoms with Crippen LogP contribution in [-0.2, 0) is 0 Å². The molecule has 3 rings (SSSR count). The fraction of sp³-hybridized carbons (Fsp3) is 0.357. The van der Waals surface area contributed by atoms with Crippen molar-refractivity contribution in [1.82, 2.24) is 4.98 Å². The molecule has 94 valence electrons. The molecule has 4 heteroatoms. The minimum atomic E-state index is 0.469. The fourth-order valence-corrected chi connectivity index (χ4v) is 2.64. The highest BCUT2D eigenvalue weighted by Crippen LogP contribution is 2.37. The van der Waals surface area contributed by atoms with Gasteiger partial charge in [-0.15, -0.1) is 0 Å². The largest absolute Gasteiger partial charge is 0.396 e. The number of pyridine rings is 1. The first kappa shape index (κ1) is 11.8. The van der Waals surface area contributed by atoms with Crippen molar-refractivity contribution in [3.05, 3.63) is 28.9 Å². The summed E-state index contributed by atoms with van der Waals surface area (Å²) in [5.41, 5.74) is 8.77. The first-order chi connectivity index (χ1) is 8.65. The molecule has 1 aromatic heterocycles. The lowest BCUT2D eigenvalue weighted by molar-refractivity contribution is 0.695. The van der Waals surface area contributed by atoms with E-state index < -0.39 is 0 Å². The number of nitrogens with zero attached hydrogens (tertiary/aromatic N) is 1. The Labute approximate surface area is 115 Å². The normalized spacial score (nSPS) is 16.8. The van der Waals surface area contributed by atoms with E-state index in [1.807, 2.05) is 12.1 Å². The van der Waals surface area contributed by atoms with Gasteiger partial charge in [-0.05, 0) is 43.9 Å². The third kappa shape index (κ3) is 2.17. The predicted molar refractivity (Wildman–Crippen MR) is 79.7 cm³/mol. The summed E-state index contributed by atoms with van der Waals surface area (Å²) in [7, 11) is 0. The van der Waals surface area contributed by atoms with Crippen molar-refractivity contribution >= 4 is 38.2 Å². The molecule has 1 fully saturated rings. The first-order valence-electron chi connectivity index (χ1n) is 6.25. The number of anilines is 2. The van der Waals surface area contributed by atoms with E-state index in [4.69, 9.17) is 5.73 Å². The summed E-state index contributed by atoms with van der Waals surface area (Å²) >= 11 is 3.50. The van der Waals surface area contributed by atoms with Gasteiger partial charge in [0.1, 0.15) is 0 Å². The molecule has 0 radical (unpaired) electrons. The number of rotatable bonds is 3. The van der Waals surface area contributed by atoms with E-state index in [1.165, 1.54) is 12.8 Å². The van der Waals surface area contributed by atoms with Gasteiger partial charge in [-0.25, -0.2) is 0 Å². The molecule has 3 N–H and O–H groups in total. The second-order valence-electron chi connectivity index (χ2n) is 5.02. The summed E-state index contributed by atoms with van der Waals surface area (Å²) < 4.78 is 1.05. The lowest BCUT2D eigenvalue weighted by atomic mass is 10.1. The van der Waals surface area contributed by atoms with E-state index in [0.717, 1.165) is 27.0 Å². The minimum Gasteiger partial charge on any atom is -0.396 e. The average Bonchev–Trinajstić information content (AvgIpc) is 3.17. The van der Waals surface area contributed by atoms with Gasteiger partial charge in [0.15, 0.2) is 0 Å². The molecule has 1 atom stereocenters. The number of nitrogens with one attached hydrogen (secondary N) is 1. The van der Waals surface area contributed by atoms with Crippen LogP contribution >= 0.6 is 15.9 Å². The van der Waals surface area contributed by atoms with Crippen molar-refractivity contribution in [2.45, 2.75) is 25.8 Å². The Bertz CT molecular complexity index is 588. The maximum Gasteiger partial charge on any atom is 0.0743 e. The molecule has 2 aromatic rings. The number of hydrogen-bond donors (Lipinski definition) is 2. The second-order valence-corrected chi connectivity index (χ2v) is 5.94. The Hall–Kier alpha value is -1.29. The lowest BCUT2D eigenvalue weighted by Gasteiger charge is -2.18. The predicted octanol–water partition coefficient (Wildman–Crippen LogP) is 3.79. The van der Waals surface area contributed by atoms with E-state index in [9.17, 15) is 0 Å². The van der Waals surface area contributed by atoms with Gasteiger partial charge in [-0.2, -0.15) is 0 Å². The molecule has 1 saturated carbocycles. The molecule has 0 spiro atoms. The molecule has 1 aromatic carbocycles. The summed E-state index contributed by atoms with van der Waals surface area (Å²) in [4.78, 5) is 4.36. The van der Waals surface area contributed by atoms with Crippen LogP contribution in [0.15, 0.2) is 28.9 Å². The number of hydrogen-bond acceptors (Lipinski definition) is 3. The number of nitrogen functional groups attached to an aromatic ring is 1. The van der Waals surface area contributed by atoms with Crippen molar-refractivity contribution in [2.24, 2.45) is 5.92 Å². The van der Waals surface area contributed by atoms with Crippen molar-refractivity contribution < 1.29 is 0 Å². The maximum absolute atomic E-state index is 6.07. The Morgan fingerprint density at radius 3 is 2.94 bits per heavy atom. The smallest absolute Gasteiger partial charge is 0.0743 e. The van der Waals surface area contributed by atoms with Crippen LogP contribution in [0.25, 0.3) is 10.9 Å². The molecule has 0 saturated heterocycles. The van der Waals surface area contributed by atoms with Gasteiger partial charge >= 0.3 is 0 Å². The molecule has 0 amide bonds. The molecular formula is C14H16BrN3. The van der Waals surface area contributed by atoms with Crippen LogP contribution in [0.2, 0.25) is 0 Å². The third-order valence-corrected chi connectivity index (χ3v) is 4.05. The standard InChI is InChI=1S/C14H16BrN3/c1-8(9-2-3-9)18-14-11-6-10(15)4-5-13(11)17-7-12(14)16/h4-9H,2-3,16H2,1H3,(H,17,18). The molecular weight excluding hydrogens is 290 g/mol. The highest BCUT2D eigenvalue weighted by Gasteiger charge is 2.28. The highest BCUT2D eigenvalue weighted by atomic mass is 79.9. The Morgan fingerprint density at radius 2 is 2.22 bits per heavy atom. The zero-order valence-electron chi connectivity index (χ0n) is 10.3. The van der Waals surface area contributed by atoms with Gasteiger partial charge < -0.3 is 11.1 Å². The van der Waals surface area contributed by atoms with E-state index in [2.05, 4.69) is 39.2 Å². The molecule has 1 aliphatic rings. The highest BCUT2D eigenvalue weighted by molar-refractivity contribution is 9.10. The van der Waals surface area contributed by atoms with Crippen LogP contribution in [0.3, 0.4) is 0 Å². The Balaban J connectivity index is 2.06. The van der Waals surface area contributed by atoms with Crippen molar-refractivity contribution in [3.63, 3.8) is 0 Å². The van der Waals surface area contributed by atoms with Crippen molar-refractivity contribution in [2.75, 3.05) is 11.1 Å².